The summed E-state index contributed by atoms with van der Waals surface area (Å²) in [6, 6.07) is 0. The summed E-state index contributed by atoms with van der Waals surface area (Å²) in [5.41, 5.74) is 0.546. The molecule has 1 N–H and O–H groups in total. The van der Waals surface area contributed by atoms with E-state index in [-0.39, 0.29) is 51.0 Å². The van der Waals surface area contributed by atoms with Gasteiger partial charge in [-0.1, -0.05) is 150 Å². The SMILES string of the molecule is CCCCCCCCCCCCCCCCCCOC(=O)[C@@]1(C)CC[C@]2(C)CC[C@@]3(C)C(=CC(=O)[C@@H]4[C@@]5(C)CC[C@H](O)C(C)(C)[C@@H]5CC[C@]43C)[C@@H]2C1. The van der Waals surface area contributed by atoms with Gasteiger partial charge in [0.2, 0.25) is 0 Å². The summed E-state index contributed by atoms with van der Waals surface area (Å²) in [4.78, 5) is 28.4. The molecule has 0 aromatic heterocycles. The van der Waals surface area contributed by atoms with Crippen molar-refractivity contribution in [2.24, 2.45) is 50.2 Å². The van der Waals surface area contributed by atoms with Crippen LogP contribution >= 0.6 is 0 Å². The molecule has 5 aliphatic carbocycles. The van der Waals surface area contributed by atoms with E-state index in [1.54, 1.807) is 0 Å². The molecule has 4 fully saturated rings. The fraction of sp³-hybridized carbons (Fsp3) is 0.917. The molecule has 298 valence electrons. The minimum absolute atomic E-state index is 0.00868. The fourth-order valence-electron chi connectivity index (χ4n) is 13.3. The molecule has 4 nitrogen and oxygen atoms in total. The van der Waals surface area contributed by atoms with Crippen LogP contribution in [0, 0.1) is 50.2 Å². The average molecular weight is 723 g/mol. The smallest absolute Gasteiger partial charge is 0.311 e. The van der Waals surface area contributed by atoms with Gasteiger partial charge in [0.05, 0.1) is 18.1 Å². The number of hydrogen-bond acceptors (Lipinski definition) is 4. The first-order valence-corrected chi connectivity index (χ1v) is 22.7. The van der Waals surface area contributed by atoms with Crippen molar-refractivity contribution in [2.45, 2.75) is 222 Å². The Hall–Kier alpha value is -1.16. The van der Waals surface area contributed by atoms with E-state index >= 15 is 0 Å². The van der Waals surface area contributed by atoms with Crippen LogP contribution in [0.15, 0.2) is 11.6 Å². The lowest BCUT2D eigenvalue weighted by Crippen LogP contribution is -2.66. The number of unbranched alkanes of at least 4 members (excludes halogenated alkanes) is 15. The van der Waals surface area contributed by atoms with Crippen LogP contribution in [0.3, 0.4) is 0 Å². The number of aliphatic hydroxyl groups excluding tert-OH is 1. The predicted molar refractivity (Wildman–Crippen MR) is 216 cm³/mol. The number of fused-ring (bicyclic) bond motifs is 7. The van der Waals surface area contributed by atoms with Crippen LogP contribution in [0.4, 0.5) is 0 Å². The van der Waals surface area contributed by atoms with Crippen LogP contribution in [0.2, 0.25) is 0 Å². The Kier molecular flexibility index (Phi) is 13.7. The number of rotatable bonds is 18. The molecule has 0 amide bonds. The van der Waals surface area contributed by atoms with Crippen molar-refractivity contribution in [3.8, 4) is 0 Å². The molecule has 0 aromatic rings. The van der Waals surface area contributed by atoms with E-state index in [4.69, 9.17) is 4.74 Å². The van der Waals surface area contributed by atoms with Gasteiger partial charge in [0.1, 0.15) is 0 Å². The zero-order valence-corrected chi connectivity index (χ0v) is 35.4. The number of carbonyl (C=O) groups excluding carboxylic acids is 2. The zero-order valence-electron chi connectivity index (χ0n) is 35.4. The number of ether oxygens (including phenoxy) is 1. The van der Waals surface area contributed by atoms with Crippen molar-refractivity contribution in [3.05, 3.63) is 11.6 Å². The zero-order chi connectivity index (χ0) is 37.8. The first-order valence-electron chi connectivity index (χ1n) is 22.7. The Labute approximate surface area is 320 Å². The Bertz CT molecular complexity index is 1250. The quantitative estimate of drug-likeness (QED) is 0.113. The van der Waals surface area contributed by atoms with Crippen LogP contribution in [-0.2, 0) is 14.3 Å². The van der Waals surface area contributed by atoms with Crippen molar-refractivity contribution >= 4 is 11.8 Å². The van der Waals surface area contributed by atoms with Crippen molar-refractivity contribution in [3.63, 3.8) is 0 Å². The molecule has 0 radical (unpaired) electrons. The molecular formula is C48H82O4. The Morgan fingerprint density at radius 2 is 1.25 bits per heavy atom. The summed E-state index contributed by atoms with van der Waals surface area (Å²) in [5, 5.41) is 11.0. The van der Waals surface area contributed by atoms with Crippen LogP contribution in [-0.4, -0.2) is 29.6 Å². The molecule has 0 aromatic carbocycles. The van der Waals surface area contributed by atoms with Crippen molar-refractivity contribution < 1.29 is 19.4 Å². The van der Waals surface area contributed by atoms with Crippen LogP contribution in [0.1, 0.15) is 216 Å². The summed E-state index contributed by atoms with van der Waals surface area (Å²) >= 11 is 0. The summed E-state index contributed by atoms with van der Waals surface area (Å²) in [6.45, 7) is 19.3. The molecule has 0 heterocycles. The highest BCUT2D eigenvalue weighted by Gasteiger charge is 2.70. The van der Waals surface area contributed by atoms with Crippen LogP contribution in [0.25, 0.3) is 0 Å². The number of ketones is 1. The molecule has 52 heavy (non-hydrogen) atoms. The van der Waals surface area contributed by atoms with Crippen LogP contribution in [0.5, 0.6) is 0 Å². The van der Waals surface area contributed by atoms with E-state index in [9.17, 15) is 14.7 Å². The van der Waals surface area contributed by atoms with E-state index in [2.05, 4.69) is 61.5 Å². The maximum Gasteiger partial charge on any atom is 0.311 e. The Morgan fingerprint density at radius 1 is 0.712 bits per heavy atom. The first-order chi connectivity index (χ1) is 24.6. The molecule has 9 atom stereocenters. The van der Waals surface area contributed by atoms with Gasteiger partial charge in [-0.05, 0) is 116 Å². The highest BCUT2D eigenvalue weighted by Crippen LogP contribution is 2.75. The van der Waals surface area contributed by atoms with Gasteiger partial charge < -0.3 is 9.84 Å². The standard InChI is InChI=1S/C48H82O4/c1-9-10-11-12-13-14-15-16-17-18-19-20-21-22-23-24-33-52-42(51)45(5)30-29-44(4)31-32-47(7)36(37(44)35-45)34-38(49)41-46(6)27-26-40(50)43(2,3)39(46)25-28-48(41,47)8/h34,37,39-41,50H,9-33,35H2,1-8H3/t37-,39-,40-,41+,44+,45-,46-,47-,48+/m0/s1. The third kappa shape index (κ3) is 8.05. The van der Waals surface area contributed by atoms with Gasteiger partial charge >= 0.3 is 5.97 Å². The Balaban J connectivity index is 1.10. The third-order valence-corrected chi connectivity index (χ3v) is 17.3. The van der Waals surface area contributed by atoms with Crippen molar-refractivity contribution in [1.82, 2.24) is 0 Å². The molecule has 0 bridgehead atoms. The number of esters is 1. The lowest BCUT2D eigenvalue weighted by Gasteiger charge is -2.70. The fourth-order valence-corrected chi connectivity index (χ4v) is 13.3. The summed E-state index contributed by atoms with van der Waals surface area (Å²) in [7, 11) is 0. The Morgan fingerprint density at radius 3 is 1.83 bits per heavy atom. The minimum atomic E-state index is -0.494. The second-order valence-electron chi connectivity index (χ2n) is 21.1. The summed E-state index contributed by atoms with van der Waals surface area (Å²) in [6.07, 6.45) is 32.1. The number of aliphatic hydroxyl groups is 1. The van der Waals surface area contributed by atoms with Crippen molar-refractivity contribution in [2.75, 3.05) is 6.61 Å². The predicted octanol–water partition coefficient (Wildman–Crippen LogP) is 13.1. The molecule has 0 saturated heterocycles. The van der Waals surface area contributed by atoms with Crippen LogP contribution < -0.4 is 0 Å². The molecule has 0 spiro atoms. The maximum absolute atomic E-state index is 14.6. The first kappa shape index (κ1) is 42.0. The largest absolute Gasteiger partial charge is 0.465 e. The highest BCUT2D eigenvalue weighted by molar-refractivity contribution is 5.95. The molecular weight excluding hydrogens is 641 g/mol. The monoisotopic (exact) mass is 723 g/mol. The van der Waals surface area contributed by atoms with E-state index < -0.39 is 5.41 Å². The normalized spacial score (nSPS) is 39.5. The van der Waals surface area contributed by atoms with E-state index in [1.807, 2.05) is 0 Å². The molecule has 5 aliphatic rings. The van der Waals surface area contributed by atoms with Gasteiger partial charge in [-0.3, -0.25) is 9.59 Å². The third-order valence-electron chi connectivity index (χ3n) is 17.3. The number of hydrogen-bond donors (Lipinski definition) is 1. The second kappa shape index (κ2) is 16.9. The molecule has 5 rings (SSSR count). The number of allylic oxidation sites excluding steroid dienone is 2. The van der Waals surface area contributed by atoms with E-state index in [0.29, 0.717) is 18.3 Å². The van der Waals surface area contributed by atoms with E-state index in [1.165, 1.54) is 95.5 Å². The van der Waals surface area contributed by atoms with Gasteiger partial charge in [0.15, 0.2) is 5.78 Å². The van der Waals surface area contributed by atoms with Gasteiger partial charge in [-0.15, -0.1) is 0 Å². The maximum atomic E-state index is 14.6. The topological polar surface area (TPSA) is 63.6 Å². The minimum Gasteiger partial charge on any atom is -0.465 e. The molecule has 4 heteroatoms. The van der Waals surface area contributed by atoms with Gasteiger partial charge in [0.25, 0.3) is 0 Å². The highest BCUT2D eigenvalue weighted by atomic mass is 16.5. The lowest BCUT2D eigenvalue weighted by molar-refractivity contribution is -0.202. The molecule has 0 aliphatic heterocycles. The van der Waals surface area contributed by atoms with Gasteiger partial charge in [-0.25, -0.2) is 0 Å². The van der Waals surface area contributed by atoms with Gasteiger partial charge in [0, 0.05) is 5.92 Å². The number of carbonyl (C=O) groups is 2. The second-order valence-corrected chi connectivity index (χ2v) is 21.1. The van der Waals surface area contributed by atoms with Crippen molar-refractivity contribution in [1.29, 1.82) is 0 Å². The molecule has 0 unspecified atom stereocenters. The lowest BCUT2D eigenvalue weighted by atomic mass is 9.33. The summed E-state index contributed by atoms with van der Waals surface area (Å²) < 4.78 is 6.06. The van der Waals surface area contributed by atoms with E-state index in [0.717, 1.165) is 70.6 Å². The van der Waals surface area contributed by atoms with Gasteiger partial charge in [-0.2, -0.15) is 0 Å². The summed E-state index contributed by atoms with van der Waals surface area (Å²) in [5.74, 6) is 0.899. The molecule has 4 saturated carbocycles. The average Bonchev–Trinajstić information content (AvgIpc) is 3.09.